The standard InChI is InChI=1S/C15H29N3O3/c1-11(2)8-13(14(19)20)9-16-15(21)17-12(3)10-18-6-4-5-7-18/h11-13H,4-10H2,1-3H3,(H,19,20)(H2,16,17,21). The third kappa shape index (κ3) is 7.32. The molecule has 6 heteroatoms. The summed E-state index contributed by atoms with van der Waals surface area (Å²) in [7, 11) is 0. The van der Waals surface area contributed by atoms with Gasteiger partial charge >= 0.3 is 12.0 Å². The summed E-state index contributed by atoms with van der Waals surface area (Å²) < 4.78 is 0. The van der Waals surface area contributed by atoms with Crippen LogP contribution >= 0.6 is 0 Å². The minimum absolute atomic E-state index is 0.0662. The van der Waals surface area contributed by atoms with E-state index in [1.54, 1.807) is 0 Å². The molecule has 3 N–H and O–H groups in total. The van der Waals surface area contributed by atoms with Gasteiger partial charge in [0.2, 0.25) is 0 Å². The second kappa shape index (κ2) is 8.87. The summed E-state index contributed by atoms with van der Waals surface area (Å²) in [6.07, 6.45) is 3.03. The quantitative estimate of drug-likeness (QED) is 0.634. The van der Waals surface area contributed by atoms with Crippen LogP contribution in [0.5, 0.6) is 0 Å². The number of hydrogen-bond acceptors (Lipinski definition) is 3. The average Bonchev–Trinajstić information content (AvgIpc) is 2.86. The van der Waals surface area contributed by atoms with Gasteiger partial charge in [-0.15, -0.1) is 0 Å². The number of hydrogen-bond donors (Lipinski definition) is 3. The zero-order chi connectivity index (χ0) is 15.8. The number of amides is 2. The Morgan fingerprint density at radius 3 is 2.33 bits per heavy atom. The summed E-state index contributed by atoms with van der Waals surface area (Å²) in [6.45, 7) is 9.16. The molecule has 0 spiro atoms. The summed E-state index contributed by atoms with van der Waals surface area (Å²) in [5.41, 5.74) is 0. The number of nitrogens with one attached hydrogen (secondary N) is 2. The topological polar surface area (TPSA) is 81.7 Å². The molecule has 21 heavy (non-hydrogen) atoms. The van der Waals surface area contributed by atoms with Crippen molar-refractivity contribution in [3.8, 4) is 0 Å². The summed E-state index contributed by atoms with van der Waals surface area (Å²) in [6, 6.07) is -0.215. The minimum Gasteiger partial charge on any atom is -0.481 e. The lowest BCUT2D eigenvalue weighted by atomic mass is 9.97. The van der Waals surface area contributed by atoms with Gasteiger partial charge in [-0.25, -0.2) is 4.79 Å². The molecule has 1 fully saturated rings. The van der Waals surface area contributed by atoms with Gasteiger partial charge in [-0.3, -0.25) is 4.79 Å². The third-order valence-corrected chi connectivity index (χ3v) is 3.72. The second-order valence-corrected chi connectivity index (χ2v) is 6.43. The van der Waals surface area contributed by atoms with Crippen LogP contribution in [-0.2, 0) is 4.79 Å². The van der Waals surface area contributed by atoms with Crippen LogP contribution in [0, 0.1) is 11.8 Å². The Hall–Kier alpha value is -1.30. The van der Waals surface area contributed by atoms with Crippen LogP contribution < -0.4 is 10.6 Å². The highest BCUT2D eigenvalue weighted by Gasteiger charge is 2.20. The first-order chi connectivity index (χ1) is 9.88. The molecule has 0 aromatic heterocycles. The molecule has 6 nitrogen and oxygen atoms in total. The number of carbonyl (C=O) groups excluding carboxylic acids is 1. The van der Waals surface area contributed by atoms with E-state index in [4.69, 9.17) is 5.11 Å². The van der Waals surface area contributed by atoms with Crippen molar-refractivity contribution >= 4 is 12.0 Å². The van der Waals surface area contributed by atoms with Crippen molar-refractivity contribution in [2.45, 2.75) is 46.1 Å². The number of carbonyl (C=O) groups is 2. The van der Waals surface area contributed by atoms with Crippen molar-refractivity contribution in [1.82, 2.24) is 15.5 Å². The maximum atomic E-state index is 11.8. The summed E-state index contributed by atoms with van der Waals surface area (Å²) in [5, 5.41) is 14.7. The number of likely N-dealkylation sites (tertiary alicyclic amines) is 1. The highest BCUT2D eigenvalue weighted by Crippen LogP contribution is 2.11. The van der Waals surface area contributed by atoms with Gasteiger partial charge in [-0.2, -0.15) is 0 Å². The Labute approximate surface area is 127 Å². The van der Waals surface area contributed by atoms with E-state index in [0.29, 0.717) is 12.3 Å². The molecule has 2 amide bonds. The van der Waals surface area contributed by atoms with E-state index in [0.717, 1.165) is 19.6 Å². The highest BCUT2D eigenvalue weighted by atomic mass is 16.4. The molecule has 1 aliphatic rings. The van der Waals surface area contributed by atoms with Crippen molar-refractivity contribution in [2.24, 2.45) is 11.8 Å². The molecule has 0 radical (unpaired) electrons. The molecule has 2 atom stereocenters. The van der Waals surface area contributed by atoms with Crippen molar-refractivity contribution in [3.63, 3.8) is 0 Å². The van der Waals surface area contributed by atoms with Crippen LogP contribution in [-0.4, -0.2) is 54.2 Å². The van der Waals surface area contributed by atoms with Gasteiger partial charge in [0.15, 0.2) is 0 Å². The monoisotopic (exact) mass is 299 g/mol. The number of rotatable bonds is 8. The maximum Gasteiger partial charge on any atom is 0.315 e. The first kappa shape index (κ1) is 17.8. The first-order valence-corrected chi connectivity index (χ1v) is 7.88. The molecule has 1 aliphatic heterocycles. The molecule has 0 aromatic rings. The molecule has 0 aromatic carbocycles. The number of carboxylic acids is 1. The molecular weight excluding hydrogens is 270 g/mol. The largest absolute Gasteiger partial charge is 0.481 e. The van der Waals surface area contributed by atoms with Crippen molar-refractivity contribution < 1.29 is 14.7 Å². The summed E-state index contributed by atoms with van der Waals surface area (Å²) in [4.78, 5) is 25.3. The molecule has 1 saturated heterocycles. The Morgan fingerprint density at radius 2 is 1.81 bits per heavy atom. The smallest absolute Gasteiger partial charge is 0.315 e. The van der Waals surface area contributed by atoms with E-state index in [9.17, 15) is 9.59 Å². The molecule has 122 valence electrons. The Bertz CT molecular complexity index is 341. The molecule has 1 heterocycles. The van der Waals surface area contributed by atoms with Crippen molar-refractivity contribution in [3.05, 3.63) is 0 Å². The number of nitrogens with zero attached hydrogens (tertiary/aromatic N) is 1. The number of carboxylic acid groups (broad SMARTS) is 1. The lowest BCUT2D eigenvalue weighted by Gasteiger charge is -2.22. The van der Waals surface area contributed by atoms with Gasteiger partial charge in [0.25, 0.3) is 0 Å². The number of urea groups is 1. The van der Waals surface area contributed by atoms with Crippen LogP contribution in [0.3, 0.4) is 0 Å². The van der Waals surface area contributed by atoms with E-state index in [-0.39, 0.29) is 18.6 Å². The van der Waals surface area contributed by atoms with Crippen LogP contribution in [0.1, 0.15) is 40.0 Å². The predicted molar refractivity (Wildman–Crippen MR) is 82.3 cm³/mol. The number of aliphatic carboxylic acids is 1. The minimum atomic E-state index is -0.853. The zero-order valence-corrected chi connectivity index (χ0v) is 13.4. The highest BCUT2D eigenvalue weighted by molar-refractivity contribution is 5.76. The summed E-state index contributed by atoms with van der Waals surface area (Å²) >= 11 is 0. The van der Waals surface area contributed by atoms with Crippen LogP contribution in [0.15, 0.2) is 0 Å². The fourth-order valence-electron chi connectivity index (χ4n) is 2.73. The second-order valence-electron chi connectivity index (χ2n) is 6.43. The van der Waals surface area contributed by atoms with E-state index < -0.39 is 11.9 Å². The Kier molecular flexibility index (Phi) is 7.50. The summed E-state index contributed by atoms with van der Waals surface area (Å²) in [5.74, 6) is -1.08. The fourth-order valence-corrected chi connectivity index (χ4v) is 2.73. The van der Waals surface area contributed by atoms with Gasteiger partial charge in [0.05, 0.1) is 5.92 Å². The van der Waals surface area contributed by atoms with E-state index in [2.05, 4.69) is 15.5 Å². The molecule has 1 rings (SSSR count). The van der Waals surface area contributed by atoms with Crippen LogP contribution in [0.4, 0.5) is 4.79 Å². The average molecular weight is 299 g/mol. The van der Waals surface area contributed by atoms with Crippen molar-refractivity contribution in [2.75, 3.05) is 26.2 Å². The fraction of sp³-hybridized carbons (Fsp3) is 0.867. The lowest BCUT2D eigenvalue weighted by Crippen LogP contribution is -2.47. The zero-order valence-electron chi connectivity index (χ0n) is 13.4. The normalized spacial score (nSPS) is 18.5. The van der Waals surface area contributed by atoms with Gasteiger partial charge in [0.1, 0.15) is 0 Å². The van der Waals surface area contributed by atoms with E-state index in [1.165, 1.54) is 12.8 Å². The Balaban J connectivity index is 2.26. The van der Waals surface area contributed by atoms with Gasteiger partial charge in [-0.1, -0.05) is 13.8 Å². The van der Waals surface area contributed by atoms with Crippen molar-refractivity contribution in [1.29, 1.82) is 0 Å². The molecule has 0 aliphatic carbocycles. The van der Waals surface area contributed by atoms with E-state index in [1.807, 2.05) is 20.8 Å². The predicted octanol–water partition coefficient (Wildman–Crippen LogP) is 1.52. The Morgan fingerprint density at radius 1 is 1.19 bits per heavy atom. The molecular formula is C15H29N3O3. The van der Waals surface area contributed by atoms with Gasteiger partial charge < -0.3 is 20.6 Å². The third-order valence-electron chi connectivity index (χ3n) is 3.72. The van der Waals surface area contributed by atoms with E-state index >= 15 is 0 Å². The van der Waals surface area contributed by atoms with Gasteiger partial charge in [0, 0.05) is 19.1 Å². The first-order valence-electron chi connectivity index (χ1n) is 7.88. The molecule has 0 bridgehead atoms. The molecule has 2 unspecified atom stereocenters. The lowest BCUT2D eigenvalue weighted by molar-refractivity contribution is -0.142. The molecule has 0 saturated carbocycles. The van der Waals surface area contributed by atoms with Crippen LogP contribution in [0.2, 0.25) is 0 Å². The SMILES string of the molecule is CC(C)CC(CNC(=O)NC(C)CN1CCCC1)C(=O)O. The van der Waals surface area contributed by atoms with Crippen LogP contribution in [0.25, 0.3) is 0 Å². The van der Waals surface area contributed by atoms with Gasteiger partial charge in [-0.05, 0) is 45.2 Å². The maximum absolute atomic E-state index is 11.8.